The third-order valence-corrected chi connectivity index (χ3v) is 5.36. The Morgan fingerprint density at radius 3 is 2.50 bits per heavy atom. The highest BCUT2D eigenvalue weighted by Crippen LogP contribution is 2.17. The fraction of sp³-hybridized carbons (Fsp3) is 0.440. The zero-order valence-electron chi connectivity index (χ0n) is 19.4. The molecule has 3 rings (SSSR count). The number of hydrogen-bond donors (Lipinski definition) is 2. The van der Waals surface area contributed by atoms with Crippen molar-refractivity contribution in [2.45, 2.75) is 19.9 Å². The van der Waals surface area contributed by atoms with E-state index in [9.17, 15) is 4.79 Å². The number of morpholine rings is 1. The van der Waals surface area contributed by atoms with Gasteiger partial charge in [0, 0.05) is 51.5 Å². The minimum Gasteiger partial charge on any atom is -0.378 e. The van der Waals surface area contributed by atoms with Crippen molar-refractivity contribution in [3.05, 3.63) is 65.2 Å². The van der Waals surface area contributed by atoms with Crippen molar-refractivity contribution >= 4 is 17.6 Å². The highest BCUT2D eigenvalue weighted by molar-refractivity contribution is 5.94. The SMILES string of the molecule is CCNC(=NCc1ccc(N2CCOCC2)cc1)NCCc1cccc(C(=O)N(C)C)c1. The molecule has 0 aromatic heterocycles. The highest BCUT2D eigenvalue weighted by Gasteiger charge is 2.11. The van der Waals surface area contributed by atoms with Gasteiger partial charge in [-0.2, -0.15) is 0 Å². The predicted molar refractivity (Wildman–Crippen MR) is 130 cm³/mol. The summed E-state index contributed by atoms with van der Waals surface area (Å²) in [7, 11) is 3.54. The average molecular weight is 438 g/mol. The number of ether oxygens (including phenoxy) is 1. The van der Waals surface area contributed by atoms with Gasteiger partial charge in [0.1, 0.15) is 0 Å². The van der Waals surface area contributed by atoms with E-state index in [1.54, 1.807) is 19.0 Å². The maximum Gasteiger partial charge on any atom is 0.253 e. The highest BCUT2D eigenvalue weighted by atomic mass is 16.5. The van der Waals surface area contributed by atoms with Crippen molar-refractivity contribution in [1.82, 2.24) is 15.5 Å². The normalized spacial score (nSPS) is 14.2. The summed E-state index contributed by atoms with van der Waals surface area (Å²) in [5, 5.41) is 6.70. The van der Waals surface area contributed by atoms with Gasteiger partial charge < -0.3 is 25.2 Å². The molecule has 0 radical (unpaired) electrons. The van der Waals surface area contributed by atoms with E-state index >= 15 is 0 Å². The number of aliphatic imine (C=N–C) groups is 1. The molecule has 1 fully saturated rings. The third kappa shape index (κ3) is 6.99. The van der Waals surface area contributed by atoms with Crippen molar-refractivity contribution in [1.29, 1.82) is 0 Å². The van der Waals surface area contributed by atoms with E-state index in [-0.39, 0.29) is 5.91 Å². The molecule has 32 heavy (non-hydrogen) atoms. The van der Waals surface area contributed by atoms with Crippen LogP contribution in [0.4, 0.5) is 5.69 Å². The molecule has 2 aromatic rings. The number of amides is 1. The van der Waals surface area contributed by atoms with Crippen LogP contribution in [0.15, 0.2) is 53.5 Å². The maximum absolute atomic E-state index is 12.2. The van der Waals surface area contributed by atoms with Crippen molar-refractivity contribution in [2.24, 2.45) is 4.99 Å². The summed E-state index contributed by atoms with van der Waals surface area (Å²) in [6.07, 6.45) is 0.813. The number of nitrogens with one attached hydrogen (secondary N) is 2. The third-order valence-electron chi connectivity index (χ3n) is 5.36. The lowest BCUT2D eigenvalue weighted by molar-refractivity contribution is 0.0827. The van der Waals surface area contributed by atoms with Gasteiger partial charge in [-0.3, -0.25) is 4.79 Å². The zero-order valence-corrected chi connectivity index (χ0v) is 19.4. The minimum absolute atomic E-state index is 0.0225. The fourth-order valence-electron chi connectivity index (χ4n) is 3.59. The lowest BCUT2D eigenvalue weighted by atomic mass is 10.1. The lowest BCUT2D eigenvalue weighted by Crippen LogP contribution is -2.38. The van der Waals surface area contributed by atoms with E-state index in [1.807, 2.05) is 24.3 Å². The Morgan fingerprint density at radius 2 is 1.81 bits per heavy atom. The van der Waals surface area contributed by atoms with Crippen LogP contribution < -0.4 is 15.5 Å². The number of benzene rings is 2. The van der Waals surface area contributed by atoms with Gasteiger partial charge >= 0.3 is 0 Å². The van der Waals surface area contributed by atoms with Crippen LogP contribution in [0.3, 0.4) is 0 Å². The van der Waals surface area contributed by atoms with Crippen LogP contribution in [-0.4, -0.2) is 70.3 Å². The summed E-state index contributed by atoms with van der Waals surface area (Å²) < 4.78 is 5.43. The maximum atomic E-state index is 12.2. The summed E-state index contributed by atoms with van der Waals surface area (Å²) in [5.41, 5.74) is 4.25. The summed E-state index contributed by atoms with van der Waals surface area (Å²) in [5.74, 6) is 0.819. The van der Waals surface area contributed by atoms with E-state index in [2.05, 4.69) is 46.7 Å². The van der Waals surface area contributed by atoms with Crippen LogP contribution in [-0.2, 0) is 17.7 Å². The van der Waals surface area contributed by atoms with Crippen LogP contribution in [0.2, 0.25) is 0 Å². The first-order valence-corrected chi connectivity index (χ1v) is 11.3. The minimum atomic E-state index is 0.0225. The van der Waals surface area contributed by atoms with Crippen LogP contribution in [0.1, 0.15) is 28.4 Å². The van der Waals surface area contributed by atoms with Crippen LogP contribution >= 0.6 is 0 Å². The first-order chi connectivity index (χ1) is 15.6. The monoisotopic (exact) mass is 437 g/mol. The fourth-order valence-corrected chi connectivity index (χ4v) is 3.59. The Morgan fingerprint density at radius 1 is 1.06 bits per heavy atom. The topological polar surface area (TPSA) is 69.2 Å². The second kappa shape index (κ2) is 12.1. The Balaban J connectivity index is 1.52. The van der Waals surface area contributed by atoms with Gasteiger partial charge in [-0.15, -0.1) is 0 Å². The Bertz CT molecular complexity index is 889. The van der Waals surface area contributed by atoms with Gasteiger partial charge in [0.05, 0.1) is 19.8 Å². The largest absolute Gasteiger partial charge is 0.378 e. The molecule has 1 heterocycles. The average Bonchev–Trinajstić information content (AvgIpc) is 2.83. The number of carbonyl (C=O) groups excluding carboxylic acids is 1. The number of carbonyl (C=O) groups is 1. The van der Waals surface area contributed by atoms with Gasteiger partial charge in [0.15, 0.2) is 5.96 Å². The molecule has 172 valence electrons. The van der Waals surface area contributed by atoms with E-state index in [0.717, 1.165) is 57.3 Å². The molecule has 7 nitrogen and oxygen atoms in total. The van der Waals surface area contributed by atoms with Crippen molar-refractivity contribution in [3.63, 3.8) is 0 Å². The molecule has 1 saturated heterocycles. The molecule has 1 aliphatic heterocycles. The second-order valence-corrected chi connectivity index (χ2v) is 8.04. The summed E-state index contributed by atoms with van der Waals surface area (Å²) in [6.45, 7) is 7.68. The molecule has 0 aliphatic carbocycles. The summed E-state index contributed by atoms with van der Waals surface area (Å²) >= 11 is 0. The van der Waals surface area contributed by atoms with Crippen molar-refractivity contribution in [2.75, 3.05) is 58.4 Å². The van der Waals surface area contributed by atoms with Crippen LogP contribution in [0.25, 0.3) is 0 Å². The number of anilines is 1. The van der Waals surface area contributed by atoms with Gasteiger partial charge in [-0.05, 0) is 48.7 Å². The number of nitrogens with zero attached hydrogens (tertiary/aromatic N) is 3. The molecular formula is C25H35N5O2. The molecule has 2 N–H and O–H groups in total. The smallest absolute Gasteiger partial charge is 0.253 e. The van der Waals surface area contributed by atoms with E-state index in [4.69, 9.17) is 9.73 Å². The van der Waals surface area contributed by atoms with Gasteiger partial charge in [0.25, 0.3) is 5.91 Å². The quantitative estimate of drug-likeness (QED) is 0.491. The zero-order chi connectivity index (χ0) is 22.8. The predicted octanol–water partition coefficient (Wildman–Crippen LogP) is 2.52. The molecule has 7 heteroatoms. The molecule has 1 amide bonds. The summed E-state index contributed by atoms with van der Waals surface area (Å²) in [6, 6.07) is 16.4. The Hall–Kier alpha value is -3.06. The van der Waals surface area contributed by atoms with Crippen LogP contribution in [0.5, 0.6) is 0 Å². The molecule has 0 spiro atoms. The molecule has 1 aliphatic rings. The summed E-state index contributed by atoms with van der Waals surface area (Å²) in [4.78, 5) is 20.8. The Labute approximate surface area is 191 Å². The van der Waals surface area contributed by atoms with E-state index in [1.165, 1.54) is 11.3 Å². The van der Waals surface area contributed by atoms with E-state index in [0.29, 0.717) is 12.1 Å². The standard InChI is InChI=1S/C25H35N5O2/c1-4-26-25(27-13-12-20-6-5-7-22(18-20)24(31)29(2)3)28-19-21-8-10-23(11-9-21)30-14-16-32-17-15-30/h5-11,18H,4,12-17,19H2,1-3H3,(H2,26,27,28). The first kappa shape index (κ1) is 23.6. The number of hydrogen-bond acceptors (Lipinski definition) is 4. The second-order valence-electron chi connectivity index (χ2n) is 8.04. The molecule has 0 unspecified atom stereocenters. The Kier molecular flexibility index (Phi) is 8.92. The number of guanidine groups is 1. The lowest BCUT2D eigenvalue weighted by Gasteiger charge is -2.28. The van der Waals surface area contributed by atoms with Crippen molar-refractivity contribution in [3.8, 4) is 0 Å². The molecule has 2 aromatic carbocycles. The molecule has 0 atom stereocenters. The number of rotatable bonds is 8. The van der Waals surface area contributed by atoms with Gasteiger partial charge in [0.2, 0.25) is 0 Å². The van der Waals surface area contributed by atoms with Crippen LogP contribution in [0, 0.1) is 0 Å². The van der Waals surface area contributed by atoms with E-state index < -0.39 is 0 Å². The molecule has 0 bridgehead atoms. The van der Waals surface area contributed by atoms with Gasteiger partial charge in [-0.1, -0.05) is 24.3 Å². The molecule has 0 saturated carbocycles. The van der Waals surface area contributed by atoms with Gasteiger partial charge in [-0.25, -0.2) is 4.99 Å². The first-order valence-electron chi connectivity index (χ1n) is 11.3. The van der Waals surface area contributed by atoms with Crippen molar-refractivity contribution < 1.29 is 9.53 Å². The molecular weight excluding hydrogens is 402 g/mol.